The quantitative estimate of drug-likeness (QED) is 0.820. The van der Waals surface area contributed by atoms with Crippen molar-refractivity contribution < 1.29 is 14.3 Å². The number of ether oxygens (including phenoxy) is 2. The van der Waals surface area contributed by atoms with Gasteiger partial charge in [0.2, 0.25) is 12.7 Å². The van der Waals surface area contributed by atoms with Crippen LogP contribution in [0.15, 0.2) is 18.2 Å². The van der Waals surface area contributed by atoms with Crippen LogP contribution in [0, 0.1) is 5.92 Å². The number of hydrogen-bond donors (Lipinski definition) is 0. The van der Waals surface area contributed by atoms with Crippen LogP contribution in [-0.2, 0) is 11.3 Å². The minimum Gasteiger partial charge on any atom is -0.454 e. The Bertz CT molecular complexity index is 635. The van der Waals surface area contributed by atoms with E-state index in [9.17, 15) is 4.79 Å². The first-order valence-electron chi connectivity index (χ1n) is 9.78. The summed E-state index contributed by atoms with van der Waals surface area (Å²) in [6.45, 7) is 9.88. The van der Waals surface area contributed by atoms with Crippen LogP contribution < -0.4 is 9.47 Å². The molecule has 0 bridgehead atoms. The average molecular weight is 359 g/mol. The number of carbonyl (C=O) groups excluding carboxylic acids is 1. The Hall–Kier alpha value is -1.79. The lowest BCUT2D eigenvalue weighted by atomic mass is 9.99. The van der Waals surface area contributed by atoms with Gasteiger partial charge >= 0.3 is 0 Å². The van der Waals surface area contributed by atoms with Crippen molar-refractivity contribution in [2.75, 3.05) is 52.6 Å². The molecule has 0 radical (unpaired) electrons. The lowest BCUT2D eigenvalue weighted by Gasteiger charge is -2.36. The highest BCUT2D eigenvalue weighted by molar-refractivity contribution is 5.78. The zero-order valence-corrected chi connectivity index (χ0v) is 15.7. The molecule has 4 rings (SSSR count). The van der Waals surface area contributed by atoms with Gasteiger partial charge < -0.3 is 14.4 Å². The summed E-state index contributed by atoms with van der Waals surface area (Å²) in [5, 5.41) is 0. The SMILES string of the molecule is CC1CCN(C(=O)CN2CCN(Cc3ccc4c(c3)OCO4)CC2)CC1. The Labute approximate surface area is 155 Å². The van der Waals surface area contributed by atoms with Gasteiger partial charge in [0, 0.05) is 45.8 Å². The van der Waals surface area contributed by atoms with Crippen molar-refractivity contribution in [3.05, 3.63) is 23.8 Å². The molecule has 6 heteroatoms. The Kier molecular flexibility index (Phi) is 5.31. The van der Waals surface area contributed by atoms with Crippen LogP contribution >= 0.6 is 0 Å². The van der Waals surface area contributed by atoms with Crippen molar-refractivity contribution in [3.8, 4) is 11.5 Å². The van der Waals surface area contributed by atoms with Gasteiger partial charge in [-0.05, 0) is 36.5 Å². The number of nitrogens with zero attached hydrogens (tertiary/aromatic N) is 3. The highest BCUT2D eigenvalue weighted by Gasteiger charge is 2.24. The molecule has 142 valence electrons. The second-order valence-corrected chi connectivity index (χ2v) is 7.80. The standard InChI is InChI=1S/C20H29N3O3/c1-16-4-6-23(7-5-16)20(24)14-22-10-8-21(9-11-22)13-17-2-3-18-19(12-17)26-15-25-18/h2-3,12,16H,4-11,13-15H2,1H3. The summed E-state index contributed by atoms with van der Waals surface area (Å²) in [5.41, 5.74) is 1.25. The molecule has 0 saturated carbocycles. The van der Waals surface area contributed by atoms with Gasteiger partial charge in [-0.15, -0.1) is 0 Å². The normalized spacial score (nSPS) is 22.0. The van der Waals surface area contributed by atoms with E-state index >= 15 is 0 Å². The first-order chi connectivity index (χ1) is 12.7. The van der Waals surface area contributed by atoms with Crippen LogP contribution in [0.1, 0.15) is 25.3 Å². The molecular formula is C20H29N3O3. The Morgan fingerprint density at radius 1 is 1.00 bits per heavy atom. The summed E-state index contributed by atoms with van der Waals surface area (Å²) in [5.74, 6) is 2.76. The van der Waals surface area contributed by atoms with Gasteiger partial charge in [0.25, 0.3) is 0 Å². The number of piperazine rings is 1. The van der Waals surface area contributed by atoms with Crippen LogP contribution in [0.2, 0.25) is 0 Å². The minimum absolute atomic E-state index is 0.307. The van der Waals surface area contributed by atoms with E-state index in [1.165, 1.54) is 5.56 Å². The molecule has 0 aliphatic carbocycles. The molecule has 3 aliphatic heterocycles. The van der Waals surface area contributed by atoms with Crippen molar-refractivity contribution in [1.82, 2.24) is 14.7 Å². The van der Waals surface area contributed by atoms with E-state index in [0.717, 1.165) is 76.1 Å². The predicted octanol–water partition coefficient (Wildman–Crippen LogP) is 1.79. The maximum atomic E-state index is 12.5. The van der Waals surface area contributed by atoms with Crippen LogP contribution in [0.5, 0.6) is 11.5 Å². The van der Waals surface area contributed by atoms with E-state index in [1.807, 2.05) is 6.07 Å². The number of rotatable bonds is 4. The van der Waals surface area contributed by atoms with E-state index in [0.29, 0.717) is 19.2 Å². The smallest absolute Gasteiger partial charge is 0.236 e. The summed E-state index contributed by atoms with van der Waals surface area (Å²) in [6, 6.07) is 6.18. The molecule has 0 aromatic heterocycles. The minimum atomic E-state index is 0.307. The highest BCUT2D eigenvalue weighted by Crippen LogP contribution is 2.32. The zero-order valence-electron chi connectivity index (χ0n) is 15.7. The van der Waals surface area contributed by atoms with Crippen LogP contribution in [0.4, 0.5) is 0 Å². The summed E-state index contributed by atoms with van der Waals surface area (Å²) in [7, 11) is 0. The number of piperidine rings is 1. The van der Waals surface area contributed by atoms with Crippen molar-refractivity contribution in [1.29, 1.82) is 0 Å². The molecule has 0 atom stereocenters. The van der Waals surface area contributed by atoms with Gasteiger partial charge in [0.1, 0.15) is 0 Å². The molecule has 2 saturated heterocycles. The number of amides is 1. The molecule has 0 spiro atoms. The van der Waals surface area contributed by atoms with Crippen molar-refractivity contribution in [2.45, 2.75) is 26.3 Å². The summed E-state index contributed by atoms with van der Waals surface area (Å²) in [6.07, 6.45) is 2.30. The average Bonchev–Trinajstić information content (AvgIpc) is 3.12. The molecule has 6 nitrogen and oxygen atoms in total. The van der Waals surface area contributed by atoms with Crippen LogP contribution in [0.3, 0.4) is 0 Å². The van der Waals surface area contributed by atoms with Gasteiger partial charge in [-0.3, -0.25) is 14.6 Å². The summed E-state index contributed by atoms with van der Waals surface area (Å²) >= 11 is 0. The first kappa shape index (κ1) is 17.6. The number of carbonyl (C=O) groups is 1. The fourth-order valence-corrected chi connectivity index (χ4v) is 3.95. The van der Waals surface area contributed by atoms with Gasteiger partial charge in [0.05, 0.1) is 6.54 Å². The lowest BCUT2D eigenvalue weighted by molar-refractivity contribution is -0.134. The van der Waals surface area contributed by atoms with Gasteiger partial charge in [-0.1, -0.05) is 13.0 Å². The summed E-state index contributed by atoms with van der Waals surface area (Å²) in [4.78, 5) is 19.3. The topological polar surface area (TPSA) is 45.3 Å². The third-order valence-corrected chi connectivity index (χ3v) is 5.80. The van der Waals surface area contributed by atoms with Crippen molar-refractivity contribution >= 4 is 5.91 Å². The molecule has 3 aliphatic rings. The predicted molar refractivity (Wildman–Crippen MR) is 99.3 cm³/mol. The molecule has 1 amide bonds. The second kappa shape index (κ2) is 7.84. The molecular weight excluding hydrogens is 330 g/mol. The fraction of sp³-hybridized carbons (Fsp3) is 0.650. The van der Waals surface area contributed by atoms with E-state index in [-0.39, 0.29) is 0 Å². The van der Waals surface area contributed by atoms with Gasteiger partial charge in [-0.25, -0.2) is 0 Å². The van der Waals surface area contributed by atoms with Gasteiger partial charge in [0.15, 0.2) is 11.5 Å². The van der Waals surface area contributed by atoms with Crippen LogP contribution in [0.25, 0.3) is 0 Å². The molecule has 1 aromatic carbocycles. The van der Waals surface area contributed by atoms with E-state index in [1.54, 1.807) is 0 Å². The molecule has 26 heavy (non-hydrogen) atoms. The Morgan fingerprint density at radius 2 is 1.69 bits per heavy atom. The largest absolute Gasteiger partial charge is 0.454 e. The highest BCUT2D eigenvalue weighted by atomic mass is 16.7. The van der Waals surface area contributed by atoms with Gasteiger partial charge in [-0.2, -0.15) is 0 Å². The van der Waals surface area contributed by atoms with E-state index in [4.69, 9.17) is 9.47 Å². The number of likely N-dealkylation sites (tertiary alicyclic amines) is 1. The number of fused-ring (bicyclic) bond motifs is 1. The van der Waals surface area contributed by atoms with Crippen LogP contribution in [-0.4, -0.2) is 73.2 Å². The van der Waals surface area contributed by atoms with Crippen molar-refractivity contribution in [3.63, 3.8) is 0 Å². The maximum absolute atomic E-state index is 12.5. The Balaban J connectivity index is 1.22. The molecule has 1 aromatic rings. The second-order valence-electron chi connectivity index (χ2n) is 7.80. The first-order valence-corrected chi connectivity index (χ1v) is 9.78. The fourth-order valence-electron chi connectivity index (χ4n) is 3.95. The third-order valence-electron chi connectivity index (χ3n) is 5.80. The Morgan fingerprint density at radius 3 is 2.46 bits per heavy atom. The lowest BCUT2D eigenvalue weighted by Crippen LogP contribution is -2.50. The molecule has 0 N–H and O–H groups in total. The maximum Gasteiger partial charge on any atom is 0.236 e. The van der Waals surface area contributed by atoms with Crippen molar-refractivity contribution in [2.24, 2.45) is 5.92 Å². The molecule has 2 fully saturated rings. The van der Waals surface area contributed by atoms with E-state index < -0.39 is 0 Å². The van der Waals surface area contributed by atoms with E-state index in [2.05, 4.69) is 33.8 Å². The third kappa shape index (κ3) is 4.13. The monoisotopic (exact) mass is 359 g/mol. The number of benzene rings is 1. The molecule has 3 heterocycles. The molecule has 0 unspecified atom stereocenters. The number of hydrogen-bond acceptors (Lipinski definition) is 5. The summed E-state index contributed by atoms with van der Waals surface area (Å²) < 4.78 is 10.8. The zero-order chi connectivity index (χ0) is 17.9.